The van der Waals surface area contributed by atoms with E-state index >= 15 is 0 Å². The minimum absolute atomic E-state index is 0.365. The van der Waals surface area contributed by atoms with Crippen molar-refractivity contribution in [2.45, 2.75) is 11.4 Å². The van der Waals surface area contributed by atoms with Gasteiger partial charge < -0.3 is 10.1 Å². The molecule has 2 aromatic carbocycles. The molecule has 1 N–H and O–H groups in total. The van der Waals surface area contributed by atoms with Crippen molar-refractivity contribution in [2.24, 2.45) is 0 Å². The van der Waals surface area contributed by atoms with Crippen LogP contribution in [-0.4, -0.2) is 21.4 Å². The van der Waals surface area contributed by atoms with E-state index in [9.17, 15) is 0 Å². The van der Waals surface area contributed by atoms with Crippen molar-refractivity contribution >= 4 is 33.4 Å². The number of para-hydroxylation sites is 1. The molecule has 7 heteroatoms. The SMILES string of the molecule is CSc1nnc2c(n1)O[C@@H](c1cccc(Br)c1)Nc1ccccc1-2. The van der Waals surface area contributed by atoms with Crippen molar-refractivity contribution in [2.75, 3.05) is 11.6 Å². The molecular weight excluding hydrogens is 388 g/mol. The molecule has 0 amide bonds. The van der Waals surface area contributed by atoms with Crippen molar-refractivity contribution in [3.63, 3.8) is 0 Å². The highest BCUT2D eigenvalue weighted by Gasteiger charge is 2.25. The molecule has 0 bridgehead atoms. The molecule has 0 unspecified atom stereocenters. The Bertz CT molecular complexity index is 905. The molecule has 1 atom stereocenters. The molecule has 5 nitrogen and oxygen atoms in total. The third-order valence-corrected chi connectivity index (χ3v) is 4.70. The van der Waals surface area contributed by atoms with Gasteiger partial charge in [0.1, 0.15) is 0 Å². The number of hydrogen-bond donors (Lipinski definition) is 1. The van der Waals surface area contributed by atoms with Crippen molar-refractivity contribution in [1.82, 2.24) is 15.2 Å². The normalized spacial score (nSPS) is 15.5. The van der Waals surface area contributed by atoms with E-state index in [1.165, 1.54) is 11.8 Å². The summed E-state index contributed by atoms with van der Waals surface area (Å²) in [7, 11) is 0. The van der Waals surface area contributed by atoms with E-state index in [0.29, 0.717) is 16.7 Å². The van der Waals surface area contributed by atoms with Gasteiger partial charge >= 0.3 is 0 Å². The Hall–Kier alpha value is -2.12. The summed E-state index contributed by atoms with van der Waals surface area (Å²) in [5.74, 6) is 0.483. The summed E-state index contributed by atoms with van der Waals surface area (Å²) in [5.41, 5.74) is 3.51. The molecule has 1 aliphatic rings. The number of nitrogens with one attached hydrogen (secondary N) is 1. The second kappa shape index (κ2) is 6.41. The number of ether oxygens (including phenoxy) is 1. The molecule has 1 aliphatic heterocycles. The van der Waals surface area contributed by atoms with Crippen LogP contribution in [0.5, 0.6) is 5.88 Å². The molecule has 1 aromatic heterocycles. The summed E-state index contributed by atoms with van der Waals surface area (Å²) >= 11 is 4.95. The fourth-order valence-electron chi connectivity index (χ4n) is 2.55. The minimum Gasteiger partial charge on any atom is -0.448 e. The Morgan fingerprint density at radius 3 is 2.83 bits per heavy atom. The summed E-state index contributed by atoms with van der Waals surface area (Å²) in [6.45, 7) is 0. The predicted octanol–water partition coefficient (Wildman–Crippen LogP) is 4.53. The number of halogens is 1. The molecule has 0 aliphatic carbocycles. The standard InChI is InChI=1S/C17H13BrN4OS/c1-24-17-20-16-14(21-22-17)12-7-2-3-8-13(12)19-15(23-16)10-5-4-6-11(18)9-10/h2-9,15,19H,1H3/t15-/m0/s1. The van der Waals surface area contributed by atoms with Gasteiger partial charge in [0.25, 0.3) is 0 Å². The number of thioether (sulfide) groups is 1. The van der Waals surface area contributed by atoms with Gasteiger partial charge in [0.2, 0.25) is 11.0 Å². The summed E-state index contributed by atoms with van der Waals surface area (Å²) in [6, 6.07) is 15.9. The van der Waals surface area contributed by atoms with Crippen LogP contribution >= 0.6 is 27.7 Å². The van der Waals surface area contributed by atoms with Gasteiger partial charge in [-0.2, -0.15) is 4.98 Å². The lowest BCUT2D eigenvalue weighted by molar-refractivity contribution is 0.225. The first-order valence-corrected chi connectivity index (χ1v) is 9.33. The number of benzene rings is 2. The monoisotopic (exact) mass is 400 g/mol. The molecule has 4 rings (SSSR count). The van der Waals surface area contributed by atoms with Crippen molar-refractivity contribution in [3.05, 3.63) is 58.6 Å². The van der Waals surface area contributed by atoms with Crippen LogP contribution in [0.1, 0.15) is 11.8 Å². The number of anilines is 1. The molecular formula is C17H13BrN4OS. The highest BCUT2D eigenvalue weighted by Crippen LogP contribution is 2.39. The molecule has 0 saturated carbocycles. The maximum Gasteiger partial charge on any atom is 0.247 e. The van der Waals surface area contributed by atoms with Gasteiger partial charge in [-0.3, -0.25) is 0 Å². The summed E-state index contributed by atoms with van der Waals surface area (Å²) in [5, 5.41) is 12.5. The topological polar surface area (TPSA) is 59.9 Å². The average molecular weight is 401 g/mol. The molecule has 0 fully saturated rings. The number of nitrogens with zero attached hydrogens (tertiary/aromatic N) is 3. The molecule has 2 heterocycles. The van der Waals surface area contributed by atoms with Crippen molar-refractivity contribution in [3.8, 4) is 17.1 Å². The smallest absolute Gasteiger partial charge is 0.247 e. The summed E-state index contributed by atoms with van der Waals surface area (Å²) in [6.07, 6.45) is 1.55. The lowest BCUT2D eigenvalue weighted by Gasteiger charge is -2.19. The Labute approximate surface area is 152 Å². The third-order valence-electron chi connectivity index (χ3n) is 3.67. The second-order valence-electron chi connectivity index (χ2n) is 5.20. The first-order valence-electron chi connectivity index (χ1n) is 7.31. The molecule has 0 saturated heterocycles. The Morgan fingerprint density at radius 2 is 2.00 bits per heavy atom. The number of fused-ring (bicyclic) bond motifs is 3. The second-order valence-corrected chi connectivity index (χ2v) is 6.88. The fraction of sp³-hybridized carbons (Fsp3) is 0.118. The Kier molecular flexibility index (Phi) is 4.12. The quantitative estimate of drug-likeness (QED) is 0.637. The summed E-state index contributed by atoms with van der Waals surface area (Å²) < 4.78 is 7.16. The van der Waals surface area contributed by atoms with Crippen molar-refractivity contribution < 1.29 is 4.74 Å². The first kappa shape index (κ1) is 15.4. The van der Waals surface area contributed by atoms with Gasteiger partial charge in [-0.15, -0.1) is 10.2 Å². The van der Waals surface area contributed by atoms with Crippen molar-refractivity contribution in [1.29, 1.82) is 0 Å². The Balaban J connectivity index is 1.87. The zero-order valence-electron chi connectivity index (χ0n) is 12.7. The van der Waals surface area contributed by atoms with Crippen LogP contribution in [0.3, 0.4) is 0 Å². The van der Waals surface area contributed by atoms with Gasteiger partial charge in [0, 0.05) is 21.3 Å². The number of rotatable bonds is 2. The fourth-order valence-corrected chi connectivity index (χ4v) is 3.27. The lowest BCUT2D eigenvalue weighted by Crippen LogP contribution is -2.17. The average Bonchev–Trinajstić information content (AvgIpc) is 2.78. The van der Waals surface area contributed by atoms with E-state index in [4.69, 9.17) is 4.74 Å². The van der Waals surface area contributed by atoms with Crippen LogP contribution in [-0.2, 0) is 0 Å². The molecule has 24 heavy (non-hydrogen) atoms. The predicted molar refractivity (Wildman–Crippen MR) is 98.2 cm³/mol. The van der Waals surface area contributed by atoms with Crippen LogP contribution in [0.2, 0.25) is 0 Å². The maximum absolute atomic E-state index is 6.16. The number of hydrogen-bond acceptors (Lipinski definition) is 6. The maximum atomic E-state index is 6.16. The first-order chi connectivity index (χ1) is 11.7. The van der Waals surface area contributed by atoms with Gasteiger partial charge in [0.15, 0.2) is 11.9 Å². The molecule has 120 valence electrons. The van der Waals surface area contributed by atoms with Crippen LogP contribution in [0.25, 0.3) is 11.3 Å². The van der Waals surface area contributed by atoms with Gasteiger partial charge in [0.05, 0.1) is 0 Å². The lowest BCUT2D eigenvalue weighted by atomic mass is 10.1. The van der Waals surface area contributed by atoms with E-state index in [2.05, 4.69) is 36.4 Å². The molecule has 3 aromatic rings. The van der Waals surface area contributed by atoms with Gasteiger partial charge in [-0.1, -0.05) is 58.0 Å². The largest absolute Gasteiger partial charge is 0.448 e. The van der Waals surface area contributed by atoms with E-state index in [1.54, 1.807) is 0 Å². The zero-order valence-corrected chi connectivity index (χ0v) is 15.1. The van der Waals surface area contributed by atoms with Crippen LogP contribution in [0.15, 0.2) is 58.2 Å². The van der Waals surface area contributed by atoms with Gasteiger partial charge in [-0.05, 0) is 24.5 Å². The van der Waals surface area contributed by atoms with Gasteiger partial charge in [-0.25, -0.2) is 0 Å². The van der Waals surface area contributed by atoms with E-state index < -0.39 is 0 Å². The zero-order chi connectivity index (χ0) is 16.5. The van der Waals surface area contributed by atoms with Crippen LogP contribution in [0.4, 0.5) is 5.69 Å². The van der Waals surface area contributed by atoms with Crippen LogP contribution < -0.4 is 10.1 Å². The highest BCUT2D eigenvalue weighted by molar-refractivity contribution is 9.10. The number of aromatic nitrogens is 3. The van der Waals surface area contributed by atoms with Crippen LogP contribution in [0, 0.1) is 0 Å². The Morgan fingerprint density at radius 1 is 1.12 bits per heavy atom. The van der Waals surface area contributed by atoms with E-state index in [0.717, 1.165) is 21.3 Å². The highest BCUT2D eigenvalue weighted by atomic mass is 79.9. The minimum atomic E-state index is -0.365. The summed E-state index contributed by atoms with van der Waals surface area (Å²) in [4.78, 5) is 4.50. The molecule has 0 spiro atoms. The van der Waals surface area contributed by atoms with E-state index in [-0.39, 0.29) is 6.23 Å². The third kappa shape index (κ3) is 2.85. The molecule has 0 radical (unpaired) electrons. The van der Waals surface area contributed by atoms with E-state index in [1.807, 2.05) is 54.8 Å².